The summed E-state index contributed by atoms with van der Waals surface area (Å²) in [6.45, 7) is 7.33. The average molecular weight is 332 g/mol. The van der Waals surface area contributed by atoms with Gasteiger partial charge in [-0.1, -0.05) is 12.1 Å². The number of hydrogen-bond donors (Lipinski definition) is 0. The van der Waals surface area contributed by atoms with Crippen LogP contribution in [0.15, 0.2) is 34.9 Å². The molecule has 1 aromatic carbocycles. The molecule has 1 aliphatic carbocycles. The SMILES string of the molecule is Cc1ccc2c(oc3ncccc32)c1C12CC3CC(CN(C3)[C@@H]1C)C2. The Morgan fingerprint density at radius 2 is 1.92 bits per heavy atom. The number of aromatic nitrogens is 1. The summed E-state index contributed by atoms with van der Waals surface area (Å²) in [5.41, 5.74) is 5.00. The predicted octanol–water partition coefficient (Wildman–Crippen LogP) is 4.66. The Balaban J connectivity index is 1.67. The van der Waals surface area contributed by atoms with Crippen LogP contribution < -0.4 is 0 Å². The van der Waals surface area contributed by atoms with Crippen molar-refractivity contribution < 1.29 is 4.42 Å². The second-order valence-corrected chi connectivity index (χ2v) is 8.75. The van der Waals surface area contributed by atoms with Gasteiger partial charge in [-0.15, -0.1) is 0 Å². The maximum atomic E-state index is 6.37. The third kappa shape index (κ3) is 1.72. The van der Waals surface area contributed by atoms with Crippen LogP contribution in [0.4, 0.5) is 0 Å². The fourth-order valence-electron chi connectivity index (χ4n) is 6.58. The van der Waals surface area contributed by atoms with Gasteiger partial charge in [0.25, 0.3) is 0 Å². The van der Waals surface area contributed by atoms with Crippen molar-refractivity contribution in [1.82, 2.24) is 9.88 Å². The lowest BCUT2D eigenvalue weighted by molar-refractivity contribution is -0.0785. The molecule has 5 heterocycles. The number of fused-ring (bicyclic) bond motifs is 3. The van der Waals surface area contributed by atoms with Gasteiger partial charge in [-0.25, -0.2) is 4.98 Å². The van der Waals surface area contributed by atoms with Gasteiger partial charge in [0.15, 0.2) is 0 Å². The van der Waals surface area contributed by atoms with Crippen LogP contribution in [0.1, 0.15) is 37.3 Å². The molecule has 3 heteroatoms. The van der Waals surface area contributed by atoms with Gasteiger partial charge in [0.05, 0.1) is 0 Å². The molecule has 0 N–H and O–H groups in total. The highest BCUT2D eigenvalue weighted by atomic mass is 16.3. The van der Waals surface area contributed by atoms with Gasteiger partial charge in [-0.05, 0) is 62.6 Å². The predicted molar refractivity (Wildman–Crippen MR) is 99.8 cm³/mol. The normalized spacial score (nSPS) is 36.6. The van der Waals surface area contributed by atoms with Crippen molar-refractivity contribution in [1.29, 1.82) is 0 Å². The van der Waals surface area contributed by atoms with Gasteiger partial charge in [-0.2, -0.15) is 0 Å². The second kappa shape index (κ2) is 4.64. The summed E-state index contributed by atoms with van der Waals surface area (Å²) in [6, 6.07) is 9.29. The fourth-order valence-corrected chi connectivity index (χ4v) is 6.58. The Kier molecular flexibility index (Phi) is 2.66. The lowest BCUT2D eigenvalue weighted by atomic mass is 9.53. The molecule has 3 aliphatic heterocycles. The molecule has 4 bridgehead atoms. The molecule has 3 saturated heterocycles. The number of hydrogen-bond acceptors (Lipinski definition) is 3. The zero-order chi connectivity index (χ0) is 16.8. The van der Waals surface area contributed by atoms with Crippen LogP contribution in [0.5, 0.6) is 0 Å². The summed E-state index contributed by atoms with van der Waals surface area (Å²) in [6.07, 6.45) is 5.91. The lowest BCUT2D eigenvalue weighted by Gasteiger charge is -2.62. The number of benzene rings is 1. The maximum absolute atomic E-state index is 6.37. The highest BCUT2D eigenvalue weighted by Crippen LogP contribution is 2.57. The van der Waals surface area contributed by atoms with Crippen LogP contribution in [-0.2, 0) is 5.41 Å². The molecule has 3 aromatic rings. The zero-order valence-electron chi connectivity index (χ0n) is 15.0. The molecule has 4 fully saturated rings. The van der Waals surface area contributed by atoms with Crippen molar-refractivity contribution in [3.05, 3.63) is 41.6 Å². The largest absolute Gasteiger partial charge is 0.437 e. The number of piperidine rings is 3. The van der Waals surface area contributed by atoms with E-state index in [9.17, 15) is 0 Å². The third-order valence-corrected chi connectivity index (χ3v) is 7.43. The first kappa shape index (κ1) is 14.3. The van der Waals surface area contributed by atoms with E-state index in [0.717, 1.165) is 28.5 Å². The van der Waals surface area contributed by atoms with E-state index in [1.807, 2.05) is 12.3 Å². The van der Waals surface area contributed by atoms with Crippen LogP contribution >= 0.6 is 0 Å². The van der Waals surface area contributed by atoms with Gasteiger partial charge in [0, 0.05) is 47.1 Å². The minimum absolute atomic E-state index is 0.252. The van der Waals surface area contributed by atoms with Gasteiger partial charge >= 0.3 is 0 Å². The monoisotopic (exact) mass is 332 g/mol. The van der Waals surface area contributed by atoms with E-state index < -0.39 is 0 Å². The Bertz CT molecular complexity index is 990. The standard InChI is InChI=1S/C22H24N2O/c1-13-5-6-17-18-4-3-7-23-21(18)25-20(17)19(13)22-9-15-8-16(10-22)12-24(11-15)14(22)2/h3-7,14-16H,8-12H2,1-2H3/t14-,15?,16?,22?/m1/s1. The van der Waals surface area contributed by atoms with Crippen molar-refractivity contribution >= 4 is 22.1 Å². The zero-order valence-corrected chi connectivity index (χ0v) is 15.0. The molecule has 0 spiro atoms. The molecule has 3 atom stereocenters. The van der Waals surface area contributed by atoms with Crippen molar-refractivity contribution in [3.63, 3.8) is 0 Å². The molecule has 2 unspecified atom stereocenters. The van der Waals surface area contributed by atoms with Crippen molar-refractivity contribution in [2.24, 2.45) is 11.8 Å². The van der Waals surface area contributed by atoms with Crippen molar-refractivity contribution in [2.45, 2.75) is 44.6 Å². The molecule has 0 radical (unpaired) electrons. The molecule has 0 amide bonds. The maximum Gasteiger partial charge on any atom is 0.227 e. The van der Waals surface area contributed by atoms with E-state index in [1.54, 1.807) is 0 Å². The Morgan fingerprint density at radius 1 is 1.12 bits per heavy atom. The Labute approximate surface area is 148 Å². The summed E-state index contributed by atoms with van der Waals surface area (Å²) in [5.74, 6) is 1.72. The number of nitrogens with zero attached hydrogens (tertiary/aromatic N) is 2. The number of aryl methyl sites for hydroxylation is 1. The van der Waals surface area contributed by atoms with Crippen molar-refractivity contribution in [2.75, 3.05) is 13.1 Å². The van der Waals surface area contributed by atoms with E-state index in [1.165, 1.54) is 48.9 Å². The molecule has 2 aromatic heterocycles. The fraction of sp³-hybridized carbons (Fsp3) is 0.500. The van der Waals surface area contributed by atoms with Crippen LogP contribution in [0.2, 0.25) is 0 Å². The first-order valence-corrected chi connectivity index (χ1v) is 9.67. The van der Waals surface area contributed by atoms with Crippen LogP contribution in [0, 0.1) is 18.8 Å². The molecular formula is C22H24N2O. The molecule has 25 heavy (non-hydrogen) atoms. The molecule has 7 rings (SSSR count). The highest BCUT2D eigenvalue weighted by Gasteiger charge is 2.56. The minimum Gasteiger partial charge on any atom is -0.437 e. The quantitative estimate of drug-likeness (QED) is 0.649. The molecule has 3 nitrogen and oxygen atoms in total. The number of pyridine rings is 1. The van der Waals surface area contributed by atoms with Gasteiger partial charge in [-0.3, -0.25) is 4.90 Å². The number of rotatable bonds is 1. The third-order valence-electron chi connectivity index (χ3n) is 7.43. The summed E-state index contributed by atoms with van der Waals surface area (Å²) in [5, 5.41) is 2.39. The van der Waals surface area contributed by atoms with E-state index in [2.05, 4.69) is 41.9 Å². The summed E-state index contributed by atoms with van der Waals surface area (Å²) < 4.78 is 6.37. The minimum atomic E-state index is 0.252. The Hall–Kier alpha value is -1.87. The topological polar surface area (TPSA) is 29.3 Å². The van der Waals surface area contributed by atoms with E-state index in [0.29, 0.717) is 6.04 Å². The van der Waals surface area contributed by atoms with Crippen LogP contribution in [0.3, 0.4) is 0 Å². The lowest BCUT2D eigenvalue weighted by Crippen LogP contribution is -2.65. The highest BCUT2D eigenvalue weighted by molar-refractivity contribution is 6.05. The van der Waals surface area contributed by atoms with Crippen LogP contribution in [0.25, 0.3) is 22.1 Å². The number of furan rings is 1. The Morgan fingerprint density at radius 3 is 2.72 bits per heavy atom. The second-order valence-electron chi connectivity index (χ2n) is 8.75. The molecular weight excluding hydrogens is 308 g/mol. The van der Waals surface area contributed by atoms with Gasteiger partial charge in [0.1, 0.15) is 5.58 Å². The molecule has 4 aliphatic rings. The first-order valence-electron chi connectivity index (χ1n) is 9.67. The van der Waals surface area contributed by atoms with Gasteiger partial charge < -0.3 is 4.42 Å². The summed E-state index contributed by atoms with van der Waals surface area (Å²) in [4.78, 5) is 7.23. The van der Waals surface area contributed by atoms with Crippen LogP contribution in [-0.4, -0.2) is 29.0 Å². The smallest absolute Gasteiger partial charge is 0.227 e. The van der Waals surface area contributed by atoms with Gasteiger partial charge in [0.2, 0.25) is 5.71 Å². The van der Waals surface area contributed by atoms with E-state index in [-0.39, 0.29) is 5.41 Å². The van der Waals surface area contributed by atoms with E-state index in [4.69, 9.17) is 4.42 Å². The van der Waals surface area contributed by atoms with Crippen molar-refractivity contribution in [3.8, 4) is 0 Å². The average Bonchev–Trinajstić information content (AvgIpc) is 2.97. The summed E-state index contributed by atoms with van der Waals surface area (Å²) in [7, 11) is 0. The first-order chi connectivity index (χ1) is 12.2. The summed E-state index contributed by atoms with van der Waals surface area (Å²) >= 11 is 0. The molecule has 1 saturated carbocycles. The van der Waals surface area contributed by atoms with E-state index >= 15 is 0 Å². The molecule has 128 valence electrons.